The molecule has 2 aromatic carbocycles. The van der Waals surface area contributed by atoms with E-state index in [-0.39, 0.29) is 18.6 Å². The normalized spacial score (nSPS) is 15.5. The first-order chi connectivity index (χ1) is 12.3. The third-order valence-corrected chi connectivity index (χ3v) is 4.93. The van der Waals surface area contributed by atoms with E-state index in [0.717, 1.165) is 16.7 Å². The zero-order chi connectivity index (χ0) is 18.9. The maximum Gasteiger partial charge on any atom is 0.303 e. The van der Waals surface area contributed by atoms with Crippen LogP contribution >= 0.6 is 0 Å². The van der Waals surface area contributed by atoms with Crippen molar-refractivity contribution in [3.63, 3.8) is 0 Å². The molecule has 8 heteroatoms. The van der Waals surface area contributed by atoms with E-state index in [1.807, 2.05) is 6.07 Å². The van der Waals surface area contributed by atoms with Crippen LogP contribution in [0.5, 0.6) is 11.5 Å². The number of hydrogen-bond donors (Lipinski definition) is 2. The highest BCUT2D eigenvalue weighted by molar-refractivity contribution is 7.88. The highest BCUT2D eigenvalue weighted by Gasteiger charge is 2.29. The number of carboxylic acids is 1. The summed E-state index contributed by atoms with van der Waals surface area (Å²) in [4.78, 5) is 11.0. The first-order valence-electron chi connectivity index (χ1n) is 7.97. The standard InChI is InChI=1S/C18H19NO6S/c1-24-15-3-2-4-16-18(15)12-6-5-11(10-26(19,22)23)9-13(12)14(25-16)7-8-17(20)21/h2-6,9,14H,7-8,10H2,1H3,(H,20,21)(H2,19,22,23). The first kappa shape index (κ1) is 18.2. The Morgan fingerprint density at radius 1 is 1.31 bits per heavy atom. The number of carbonyl (C=O) groups is 1. The second-order valence-electron chi connectivity index (χ2n) is 6.10. The summed E-state index contributed by atoms with van der Waals surface area (Å²) in [7, 11) is -2.12. The van der Waals surface area contributed by atoms with Gasteiger partial charge in [-0.3, -0.25) is 4.79 Å². The van der Waals surface area contributed by atoms with Crippen LogP contribution in [0.1, 0.15) is 30.1 Å². The van der Waals surface area contributed by atoms with Crippen molar-refractivity contribution < 1.29 is 27.8 Å². The van der Waals surface area contributed by atoms with Crippen molar-refractivity contribution in [1.82, 2.24) is 0 Å². The Morgan fingerprint density at radius 3 is 2.73 bits per heavy atom. The van der Waals surface area contributed by atoms with Crippen molar-refractivity contribution in [2.75, 3.05) is 7.11 Å². The van der Waals surface area contributed by atoms with Crippen molar-refractivity contribution in [1.29, 1.82) is 0 Å². The number of primary sulfonamides is 1. The van der Waals surface area contributed by atoms with Crippen LogP contribution in [0, 0.1) is 0 Å². The number of ether oxygens (including phenoxy) is 2. The van der Waals surface area contributed by atoms with E-state index in [4.69, 9.17) is 19.7 Å². The predicted molar refractivity (Wildman–Crippen MR) is 95.5 cm³/mol. The van der Waals surface area contributed by atoms with Gasteiger partial charge in [0.15, 0.2) is 0 Å². The number of hydrogen-bond acceptors (Lipinski definition) is 5. The number of methoxy groups -OCH3 is 1. The molecular formula is C18H19NO6S. The van der Waals surface area contributed by atoms with Gasteiger partial charge in [0.1, 0.15) is 17.6 Å². The molecule has 1 heterocycles. The molecule has 1 unspecified atom stereocenters. The van der Waals surface area contributed by atoms with Crippen molar-refractivity contribution in [2.24, 2.45) is 5.14 Å². The number of nitrogens with two attached hydrogens (primary N) is 1. The van der Waals surface area contributed by atoms with E-state index < -0.39 is 22.1 Å². The molecule has 3 rings (SSSR count). The van der Waals surface area contributed by atoms with Crippen molar-refractivity contribution in [3.05, 3.63) is 47.5 Å². The molecule has 1 aliphatic rings. The molecule has 0 amide bonds. The fourth-order valence-corrected chi connectivity index (χ4v) is 3.80. The zero-order valence-electron chi connectivity index (χ0n) is 14.1. The maximum absolute atomic E-state index is 11.4. The third-order valence-electron chi connectivity index (χ3n) is 4.20. The maximum atomic E-state index is 11.4. The number of fused-ring (bicyclic) bond motifs is 3. The van der Waals surface area contributed by atoms with Gasteiger partial charge in [-0.05, 0) is 29.7 Å². The van der Waals surface area contributed by atoms with Gasteiger partial charge in [-0.15, -0.1) is 0 Å². The minimum Gasteiger partial charge on any atom is -0.496 e. The largest absolute Gasteiger partial charge is 0.496 e. The van der Waals surface area contributed by atoms with E-state index in [1.165, 1.54) is 0 Å². The van der Waals surface area contributed by atoms with Crippen LogP contribution in [0.2, 0.25) is 0 Å². The van der Waals surface area contributed by atoms with Crippen LogP contribution in [0.25, 0.3) is 11.1 Å². The average Bonchev–Trinajstić information content (AvgIpc) is 2.57. The lowest BCUT2D eigenvalue weighted by Crippen LogP contribution is -2.18. The molecule has 1 atom stereocenters. The van der Waals surface area contributed by atoms with Gasteiger partial charge < -0.3 is 14.6 Å². The molecule has 0 fully saturated rings. The minimum absolute atomic E-state index is 0.0666. The SMILES string of the molecule is COc1cccc2c1-c1ccc(CS(N)(=O)=O)cc1C(CCC(=O)O)O2. The molecule has 0 saturated carbocycles. The zero-order valence-corrected chi connectivity index (χ0v) is 15.0. The van der Waals surface area contributed by atoms with Crippen LogP contribution in [-0.2, 0) is 20.6 Å². The van der Waals surface area contributed by atoms with E-state index in [1.54, 1.807) is 37.4 Å². The molecule has 7 nitrogen and oxygen atoms in total. The Kier molecular flexibility index (Phi) is 4.88. The van der Waals surface area contributed by atoms with Gasteiger partial charge in [-0.25, -0.2) is 13.6 Å². The van der Waals surface area contributed by atoms with Gasteiger partial charge in [-0.1, -0.05) is 24.3 Å². The van der Waals surface area contributed by atoms with E-state index in [0.29, 0.717) is 17.1 Å². The van der Waals surface area contributed by atoms with Crippen LogP contribution in [0.3, 0.4) is 0 Å². The monoisotopic (exact) mass is 377 g/mol. The second kappa shape index (κ2) is 6.97. The highest BCUT2D eigenvalue weighted by atomic mass is 32.2. The van der Waals surface area contributed by atoms with E-state index in [2.05, 4.69) is 0 Å². The summed E-state index contributed by atoms with van der Waals surface area (Å²) in [5.41, 5.74) is 2.84. The molecule has 1 aliphatic heterocycles. The summed E-state index contributed by atoms with van der Waals surface area (Å²) in [6.45, 7) is 0. The quantitative estimate of drug-likeness (QED) is 0.799. The van der Waals surface area contributed by atoms with Crippen molar-refractivity contribution >= 4 is 16.0 Å². The molecule has 2 aromatic rings. The number of carboxylic acid groups (broad SMARTS) is 1. The topological polar surface area (TPSA) is 116 Å². The Morgan fingerprint density at radius 2 is 2.08 bits per heavy atom. The summed E-state index contributed by atoms with van der Waals surface area (Å²) in [6, 6.07) is 10.6. The fourth-order valence-electron chi connectivity index (χ4n) is 3.16. The lowest BCUT2D eigenvalue weighted by molar-refractivity contribution is -0.137. The molecule has 138 valence electrons. The number of rotatable bonds is 6. The summed E-state index contributed by atoms with van der Waals surface area (Å²) in [5.74, 6) is 0.00314. The summed E-state index contributed by atoms with van der Waals surface area (Å²) >= 11 is 0. The molecular weight excluding hydrogens is 358 g/mol. The van der Waals surface area contributed by atoms with Gasteiger partial charge in [0.05, 0.1) is 18.4 Å². The Labute approximate surface area is 151 Å². The molecule has 0 bridgehead atoms. The predicted octanol–water partition coefficient (Wildman–Crippen LogP) is 2.45. The number of aliphatic carboxylic acids is 1. The lowest BCUT2D eigenvalue weighted by atomic mass is 9.89. The smallest absolute Gasteiger partial charge is 0.303 e. The lowest BCUT2D eigenvalue weighted by Gasteiger charge is -2.30. The summed E-state index contributed by atoms with van der Waals surface area (Å²) < 4.78 is 34.3. The number of sulfonamides is 1. The van der Waals surface area contributed by atoms with Crippen LogP contribution in [0.4, 0.5) is 0 Å². The number of benzene rings is 2. The van der Waals surface area contributed by atoms with Gasteiger partial charge in [0.2, 0.25) is 10.0 Å². The minimum atomic E-state index is -3.68. The first-order valence-corrected chi connectivity index (χ1v) is 9.69. The molecule has 0 aliphatic carbocycles. The van der Waals surface area contributed by atoms with Crippen molar-refractivity contribution in [2.45, 2.75) is 24.7 Å². The Hall–Kier alpha value is -2.58. The third kappa shape index (κ3) is 3.81. The van der Waals surface area contributed by atoms with Crippen LogP contribution in [-0.4, -0.2) is 26.6 Å². The molecule has 0 aromatic heterocycles. The van der Waals surface area contributed by atoms with Crippen LogP contribution in [0.15, 0.2) is 36.4 Å². The second-order valence-corrected chi connectivity index (χ2v) is 7.72. The molecule has 0 spiro atoms. The Balaban J connectivity index is 2.11. The summed E-state index contributed by atoms with van der Waals surface area (Å²) in [6.07, 6.45) is -0.304. The molecule has 0 saturated heterocycles. The Bertz CT molecular complexity index is 954. The van der Waals surface area contributed by atoms with Gasteiger partial charge >= 0.3 is 5.97 Å². The molecule has 26 heavy (non-hydrogen) atoms. The van der Waals surface area contributed by atoms with Gasteiger partial charge in [0, 0.05) is 12.0 Å². The summed E-state index contributed by atoms with van der Waals surface area (Å²) in [5, 5.41) is 14.1. The highest BCUT2D eigenvalue weighted by Crippen LogP contribution is 2.48. The van der Waals surface area contributed by atoms with Gasteiger partial charge in [0.25, 0.3) is 0 Å². The van der Waals surface area contributed by atoms with Crippen LogP contribution < -0.4 is 14.6 Å². The molecule has 0 radical (unpaired) electrons. The van der Waals surface area contributed by atoms with E-state index >= 15 is 0 Å². The average molecular weight is 377 g/mol. The van der Waals surface area contributed by atoms with Gasteiger partial charge in [-0.2, -0.15) is 0 Å². The molecule has 3 N–H and O–H groups in total. The van der Waals surface area contributed by atoms with Crippen molar-refractivity contribution in [3.8, 4) is 22.6 Å². The fraction of sp³-hybridized carbons (Fsp3) is 0.278. The van der Waals surface area contributed by atoms with E-state index in [9.17, 15) is 13.2 Å².